The van der Waals surface area contributed by atoms with Crippen LogP contribution < -0.4 is 11.1 Å². The number of nitrogens with zero attached hydrogens (tertiary/aromatic N) is 1. The lowest BCUT2D eigenvalue weighted by Crippen LogP contribution is -2.27. The Morgan fingerprint density at radius 1 is 1.42 bits per heavy atom. The lowest BCUT2D eigenvalue weighted by atomic mass is 10.1. The molecule has 1 heterocycles. The number of pyridine rings is 1. The second-order valence-corrected chi connectivity index (χ2v) is 5.14. The third kappa shape index (κ3) is 6.40. The maximum absolute atomic E-state index is 11.6. The second-order valence-electron chi connectivity index (χ2n) is 5.14. The molecular weight excluding hydrogens is 246 g/mol. The number of hydrogen-bond acceptors (Lipinski definition) is 4. The van der Waals surface area contributed by atoms with Gasteiger partial charge in [0.15, 0.2) is 0 Å². The fraction of sp³-hybridized carbons (Fsp3) is 0.462. The summed E-state index contributed by atoms with van der Waals surface area (Å²) in [6, 6.07) is 3.45. The number of aryl methyl sites for hydroxylation is 1. The first kappa shape index (κ1) is 14.9. The van der Waals surface area contributed by atoms with Gasteiger partial charge in [-0.1, -0.05) is 0 Å². The summed E-state index contributed by atoms with van der Waals surface area (Å²) < 4.78 is 5.12. The fourth-order valence-corrected chi connectivity index (χ4v) is 1.37. The van der Waals surface area contributed by atoms with Crippen LogP contribution in [0, 0.1) is 0 Å². The van der Waals surface area contributed by atoms with E-state index in [9.17, 15) is 9.59 Å². The van der Waals surface area contributed by atoms with Crippen molar-refractivity contribution in [3.8, 4) is 0 Å². The van der Waals surface area contributed by atoms with Gasteiger partial charge in [0.2, 0.25) is 5.91 Å². The Kier molecular flexibility index (Phi) is 4.86. The van der Waals surface area contributed by atoms with Crippen molar-refractivity contribution in [1.82, 2.24) is 4.98 Å². The molecule has 2 amide bonds. The van der Waals surface area contributed by atoms with E-state index in [1.807, 2.05) is 0 Å². The Morgan fingerprint density at radius 3 is 2.68 bits per heavy atom. The van der Waals surface area contributed by atoms with E-state index < -0.39 is 11.7 Å². The van der Waals surface area contributed by atoms with Crippen molar-refractivity contribution in [2.75, 3.05) is 5.32 Å². The Labute approximate surface area is 112 Å². The number of anilines is 1. The zero-order valence-corrected chi connectivity index (χ0v) is 11.4. The largest absolute Gasteiger partial charge is 0.444 e. The molecule has 0 aromatic carbocycles. The molecule has 0 saturated carbocycles. The molecule has 104 valence electrons. The van der Waals surface area contributed by atoms with Crippen molar-refractivity contribution in [1.29, 1.82) is 0 Å². The van der Waals surface area contributed by atoms with Gasteiger partial charge in [-0.25, -0.2) is 9.78 Å². The molecule has 0 unspecified atom stereocenters. The summed E-state index contributed by atoms with van der Waals surface area (Å²) in [5, 5.41) is 2.54. The van der Waals surface area contributed by atoms with Gasteiger partial charge in [-0.2, -0.15) is 0 Å². The van der Waals surface area contributed by atoms with Crippen LogP contribution in [0.1, 0.15) is 32.8 Å². The quantitative estimate of drug-likeness (QED) is 0.868. The lowest BCUT2D eigenvalue weighted by molar-refractivity contribution is -0.117. The Balaban J connectivity index is 2.61. The normalized spacial score (nSPS) is 10.9. The zero-order chi connectivity index (χ0) is 14.5. The van der Waals surface area contributed by atoms with Crippen LogP contribution in [0.15, 0.2) is 18.3 Å². The molecule has 6 nitrogen and oxygen atoms in total. The van der Waals surface area contributed by atoms with Crippen LogP contribution in [-0.2, 0) is 16.0 Å². The summed E-state index contributed by atoms with van der Waals surface area (Å²) >= 11 is 0. The zero-order valence-electron chi connectivity index (χ0n) is 11.4. The molecule has 0 atom stereocenters. The number of ether oxygens (including phenoxy) is 1. The molecule has 0 aliphatic carbocycles. The second kappa shape index (κ2) is 6.17. The van der Waals surface area contributed by atoms with Crippen molar-refractivity contribution in [3.05, 3.63) is 23.9 Å². The van der Waals surface area contributed by atoms with Gasteiger partial charge in [-0.3, -0.25) is 10.1 Å². The van der Waals surface area contributed by atoms with E-state index in [0.29, 0.717) is 12.2 Å². The Bertz CT molecular complexity index is 466. The maximum Gasteiger partial charge on any atom is 0.413 e. The van der Waals surface area contributed by atoms with Crippen molar-refractivity contribution in [2.45, 2.75) is 39.2 Å². The number of primary amides is 1. The van der Waals surface area contributed by atoms with Gasteiger partial charge in [-0.15, -0.1) is 0 Å². The summed E-state index contributed by atoms with van der Waals surface area (Å²) in [5.41, 5.74) is 5.40. The molecule has 0 aliphatic heterocycles. The molecule has 0 bridgehead atoms. The minimum atomic E-state index is -0.563. The first-order valence-corrected chi connectivity index (χ1v) is 5.99. The van der Waals surface area contributed by atoms with Gasteiger partial charge in [-0.05, 0) is 44.9 Å². The molecule has 0 radical (unpaired) electrons. The average molecular weight is 265 g/mol. The number of amides is 2. The fourth-order valence-electron chi connectivity index (χ4n) is 1.37. The van der Waals surface area contributed by atoms with Crippen LogP contribution in [0.4, 0.5) is 10.6 Å². The van der Waals surface area contributed by atoms with E-state index in [-0.39, 0.29) is 12.3 Å². The first-order chi connectivity index (χ1) is 8.76. The summed E-state index contributed by atoms with van der Waals surface area (Å²) in [6.07, 6.45) is 1.77. The molecular formula is C13H19N3O3. The summed E-state index contributed by atoms with van der Waals surface area (Å²) in [7, 11) is 0. The molecule has 1 aromatic rings. The molecule has 6 heteroatoms. The van der Waals surface area contributed by atoms with Gasteiger partial charge in [0, 0.05) is 12.6 Å². The van der Waals surface area contributed by atoms with Crippen LogP contribution >= 0.6 is 0 Å². The Morgan fingerprint density at radius 2 is 2.11 bits per heavy atom. The standard InChI is InChI=1S/C13H19N3O3/c1-13(2,3)19-12(18)16-11-8-9(6-7-15-11)4-5-10(14)17/h6-8H,4-5H2,1-3H3,(H2,14,17)(H,15,16,18). The molecule has 19 heavy (non-hydrogen) atoms. The third-order valence-corrected chi connectivity index (χ3v) is 2.11. The predicted octanol–water partition coefficient (Wildman–Crippen LogP) is 1.85. The summed E-state index contributed by atoms with van der Waals surface area (Å²) in [6.45, 7) is 5.34. The molecule has 0 spiro atoms. The first-order valence-electron chi connectivity index (χ1n) is 5.99. The predicted molar refractivity (Wildman–Crippen MR) is 71.6 cm³/mol. The SMILES string of the molecule is CC(C)(C)OC(=O)Nc1cc(CCC(N)=O)ccn1. The van der Waals surface area contributed by atoms with Gasteiger partial charge >= 0.3 is 6.09 Å². The van der Waals surface area contributed by atoms with E-state index in [1.54, 1.807) is 39.1 Å². The number of rotatable bonds is 4. The van der Waals surface area contributed by atoms with Gasteiger partial charge in [0.05, 0.1) is 0 Å². The van der Waals surface area contributed by atoms with E-state index in [0.717, 1.165) is 5.56 Å². The number of nitrogens with one attached hydrogen (secondary N) is 1. The molecule has 0 aliphatic rings. The topological polar surface area (TPSA) is 94.3 Å². The number of hydrogen-bond donors (Lipinski definition) is 2. The van der Waals surface area contributed by atoms with Gasteiger partial charge in [0.1, 0.15) is 11.4 Å². The summed E-state index contributed by atoms with van der Waals surface area (Å²) in [5.74, 6) is 0.0229. The van der Waals surface area contributed by atoms with Crippen molar-refractivity contribution in [2.24, 2.45) is 5.73 Å². The maximum atomic E-state index is 11.6. The van der Waals surface area contributed by atoms with E-state index >= 15 is 0 Å². The van der Waals surface area contributed by atoms with Crippen LogP contribution in [0.2, 0.25) is 0 Å². The smallest absolute Gasteiger partial charge is 0.413 e. The third-order valence-electron chi connectivity index (χ3n) is 2.11. The highest BCUT2D eigenvalue weighted by atomic mass is 16.6. The average Bonchev–Trinajstić information content (AvgIpc) is 2.24. The molecule has 3 N–H and O–H groups in total. The molecule has 1 aromatic heterocycles. The van der Waals surface area contributed by atoms with Crippen LogP contribution in [0.25, 0.3) is 0 Å². The van der Waals surface area contributed by atoms with E-state index in [1.165, 1.54) is 0 Å². The molecule has 0 saturated heterocycles. The van der Waals surface area contributed by atoms with Crippen molar-refractivity contribution < 1.29 is 14.3 Å². The minimum absolute atomic E-state index is 0.260. The van der Waals surface area contributed by atoms with Crippen molar-refractivity contribution in [3.63, 3.8) is 0 Å². The number of carbonyl (C=O) groups is 2. The highest BCUT2D eigenvalue weighted by molar-refractivity contribution is 5.83. The number of carbonyl (C=O) groups excluding carboxylic acids is 2. The van der Waals surface area contributed by atoms with Crippen LogP contribution in [-0.4, -0.2) is 22.6 Å². The van der Waals surface area contributed by atoms with E-state index in [2.05, 4.69) is 10.3 Å². The molecule has 1 rings (SSSR count). The highest BCUT2D eigenvalue weighted by Crippen LogP contribution is 2.12. The summed E-state index contributed by atoms with van der Waals surface area (Å²) in [4.78, 5) is 26.3. The van der Waals surface area contributed by atoms with Crippen molar-refractivity contribution >= 4 is 17.8 Å². The number of aromatic nitrogens is 1. The monoisotopic (exact) mass is 265 g/mol. The number of nitrogens with two attached hydrogens (primary N) is 1. The van der Waals surface area contributed by atoms with Crippen LogP contribution in [0.5, 0.6) is 0 Å². The minimum Gasteiger partial charge on any atom is -0.444 e. The molecule has 0 fully saturated rings. The lowest BCUT2D eigenvalue weighted by Gasteiger charge is -2.19. The Hall–Kier alpha value is -2.11. The van der Waals surface area contributed by atoms with Crippen LogP contribution in [0.3, 0.4) is 0 Å². The van der Waals surface area contributed by atoms with E-state index in [4.69, 9.17) is 10.5 Å². The van der Waals surface area contributed by atoms with Gasteiger partial charge < -0.3 is 10.5 Å². The highest BCUT2D eigenvalue weighted by Gasteiger charge is 2.16. The van der Waals surface area contributed by atoms with Gasteiger partial charge in [0.25, 0.3) is 0 Å².